The summed E-state index contributed by atoms with van der Waals surface area (Å²) in [6.07, 6.45) is -0.965. The Bertz CT molecular complexity index is 1220. The number of nitrogens with zero attached hydrogens (tertiary/aromatic N) is 1. The monoisotopic (exact) mass is 594 g/mol. The molecular weight excluding hydrogens is 561 g/mol. The Hall–Kier alpha value is -0.733. The zero-order valence-corrected chi connectivity index (χ0v) is 24.6. The molecule has 0 radical (unpaired) electrons. The fourth-order valence-corrected chi connectivity index (χ4v) is 8.00. The first-order chi connectivity index (χ1) is 16.0. The summed E-state index contributed by atoms with van der Waals surface area (Å²) in [6, 6.07) is 0. The van der Waals surface area contributed by atoms with Crippen molar-refractivity contribution < 1.29 is 50.7 Å². The molecule has 0 amide bonds. The predicted octanol–water partition coefficient (Wildman–Crippen LogP) is 2.59. The Balaban J connectivity index is 2.28. The first kappa shape index (κ1) is 31.5. The SMILES string of the molecule is Cc1cn([C@H]2C[C@H](O[Si](C)(C)C(C)(C)C)[C@@H](COP(C)(=O)OP(=O)(O)OP(=O)(O)O)O2)c(=O)[nH]c1=O. The molecule has 1 saturated heterocycles. The third-order valence-electron chi connectivity index (χ3n) is 5.82. The number of hydrogen-bond donors (Lipinski definition) is 4. The minimum Gasteiger partial charge on any atom is -0.411 e. The van der Waals surface area contributed by atoms with E-state index in [1.807, 2.05) is 33.9 Å². The molecule has 0 aromatic carbocycles. The molecule has 0 bridgehead atoms. The van der Waals surface area contributed by atoms with Gasteiger partial charge in [-0.3, -0.25) is 18.9 Å². The van der Waals surface area contributed by atoms with Gasteiger partial charge in [-0.2, -0.15) is 4.31 Å². The normalized spacial score (nSPS) is 24.9. The molecule has 208 valence electrons. The topological polar surface area (TPSA) is 213 Å². The van der Waals surface area contributed by atoms with Crippen LogP contribution in [0.5, 0.6) is 0 Å². The van der Waals surface area contributed by atoms with Gasteiger partial charge in [0.1, 0.15) is 12.3 Å². The lowest BCUT2D eigenvalue weighted by atomic mass is 10.2. The molecule has 0 saturated carbocycles. The lowest BCUT2D eigenvalue weighted by Gasteiger charge is -2.39. The Morgan fingerprint density at radius 2 is 1.75 bits per heavy atom. The maximum Gasteiger partial charge on any atom is 0.488 e. The number of ether oxygens (including phenoxy) is 1. The first-order valence-corrected chi connectivity index (χ1v) is 18.6. The Morgan fingerprint density at radius 3 is 2.28 bits per heavy atom. The van der Waals surface area contributed by atoms with Gasteiger partial charge in [0.15, 0.2) is 8.32 Å². The van der Waals surface area contributed by atoms with E-state index in [1.54, 1.807) is 0 Å². The van der Waals surface area contributed by atoms with E-state index in [4.69, 9.17) is 23.5 Å². The van der Waals surface area contributed by atoms with Gasteiger partial charge in [-0.25, -0.2) is 18.2 Å². The summed E-state index contributed by atoms with van der Waals surface area (Å²) in [5, 5.41) is -0.200. The van der Waals surface area contributed by atoms with E-state index < -0.39 is 67.9 Å². The molecule has 36 heavy (non-hydrogen) atoms. The quantitative estimate of drug-likeness (QED) is 0.227. The summed E-state index contributed by atoms with van der Waals surface area (Å²) in [6.45, 7) is 11.9. The number of hydrogen-bond acceptors (Lipinski definition) is 10. The summed E-state index contributed by atoms with van der Waals surface area (Å²) in [7, 11) is -17.7. The van der Waals surface area contributed by atoms with Gasteiger partial charge in [0, 0.05) is 24.8 Å². The van der Waals surface area contributed by atoms with E-state index in [0.29, 0.717) is 0 Å². The number of aromatic nitrogens is 2. The highest BCUT2D eigenvalue weighted by Crippen LogP contribution is 2.66. The van der Waals surface area contributed by atoms with Crippen molar-refractivity contribution in [1.29, 1.82) is 0 Å². The van der Waals surface area contributed by atoms with E-state index in [1.165, 1.54) is 17.7 Å². The molecule has 2 heterocycles. The van der Waals surface area contributed by atoms with Crippen LogP contribution in [-0.2, 0) is 36.0 Å². The number of rotatable bonds is 10. The largest absolute Gasteiger partial charge is 0.488 e. The second kappa shape index (κ2) is 10.8. The maximum absolute atomic E-state index is 12.6. The van der Waals surface area contributed by atoms with Crippen LogP contribution in [0.2, 0.25) is 18.1 Å². The molecule has 1 aliphatic heterocycles. The van der Waals surface area contributed by atoms with Crippen LogP contribution in [0.3, 0.4) is 0 Å². The third-order valence-corrected chi connectivity index (χ3v) is 14.6. The van der Waals surface area contributed by atoms with Gasteiger partial charge in [-0.15, -0.1) is 0 Å². The highest BCUT2D eigenvalue weighted by atomic mass is 31.3. The Morgan fingerprint density at radius 1 is 1.17 bits per heavy atom. The molecule has 2 rings (SSSR count). The predicted molar refractivity (Wildman–Crippen MR) is 130 cm³/mol. The van der Waals surface area contributed by atoms with Crippen LogP contribution in [0.15, 0.2) is 15.8 Å². The molecule has 0 aliphatic carbocycles. The number of aryl methyl sites for hydroxylation is 1. The van der Waals surface area contributed by atoms with Crippen molar-refractivity contribution in [3.63, 3.8) is 0 Å². The van der Waals surface area contributed by atoms with Crippen LogP contribution in [0.4, 0.5) is 0 Å². The van der Waals surface area contributed by atoms with Crippen LogP contribution in [-0.4, -0.2) is 58.0 Å². The summed E-state index contributed by atoms with van der Waals surface area (Å²) in [5.74, 6) is 0. The number of nitrogens with one attached hydrogen (secondary N) is 1. The smallest absolute Gasteiger partial charge is 0.411 e. The second-order valence-electron chi connectivity index (χ2n) is 9.95. The van der Waals surface area contributed by atoms with Crippen LogP contribution in [0, 0.1) is 6.92 Å². The lowest BCUT2D eigenvalue weighted by Crippen LogP contribution is -2.46. The van der Waals surface area contributed by atoms with Crippen molar-refractivity contribution in [3.8, 4) is 0 Å². The summed E-state index contributed by atoms with van der Waals surface area (Å²) in [4.78, 5) is 53.3. The van der Waals surface area contributed by atoms with Gasteiger partial charge in [-0.1, -0.05) is 20.8 Å². The van der Waals surface area contributed by atoms with Crippen molar-refractivity contribution in [2.24, 2.45) is 0 Å². The zero-order chi connectivity index (χ0) is 27.9. The van der Waals surface area contributed by atoms with Crippen molar-refractivity contribution in [3.05, 3.63) is 32.6 Å². The molecule has 15 nitrogen and oxygen atoms in total. The highest BCUT2D eigenvalue weighted by molar-refractivity contribution is 7.68. The standard InChI is InChI=1S/C17H33N2O13P3Si/c1-11-9-19(16(21)18-15(11)20)14-8-12(30-36(6,7)17(2,3)4)13(29-14)10-28-33(5,22)31-35(26,27)32-34(23,24)25/h9,12-14H,8,10H2,1-7H3,(H,26,27)(H,18,20,21)(H2,23,24,25)/t12-,13+,14+,33?/m0/s1. The molecule has 1 aromatic heterocycles. The second-order valence-corrected chi connectivity index (χ2v) is 19.7. The van der Waals surface area contributed by atoms with Crippen LogP contribution in [0.25, 0.3) is 0 Å². The van der Waals surface area contributed by atoms with Gasteiger partial charge in [-0.05, 0) is 25.1 Å². The Kier molecular flexibility index (Phi) is 9.44. The average Bonchev–Trinajstić information content (AvgIpc) is 3.01. The van der Waals surface area contributed by atoms with Crippen molar-refractivity contribution in [2.75, 3.05) is 13.3 Å². The molecule has 5 atom stereocenters. The van der Waals surface area contributed by atoms with Gasteiger partial charge in [0.2, 0.25) is 0 Å². The molecule has 1 aromatic rings. The summed E-state index contributed by atoms with van der Waals surface area (Å²) < 4.78 is 62.0. The summed E-state index contributed by atoms with van der Waals surface area (Å²) >= 11 is 0. The molecule has 19 heteroatoms. The third kappa shape index (κ3) is 8.65. The molecule has 1 aliphatic rings. The first-order valence-electron chi connectivity index (χ1n) is 10.7. The Labute approximate surface area is 208 Å². The van der Waals surface area contributed by atoms with Gasteiger partial charge in [0.25, 0.3) is 5.56 Å². The van der Waals surface area contributed by atoms with Crippen LogP contribution in [0.1, 0.15) is 39.0 Å². The van der Waals surface area contributed by atoms with Gasteiger partial charge >= 0.3 is 28.9 Å². The van der Waals surface area contributed by atoms with E-state index >= 15 is 0 Å². The average molecular weight is 594 g/mol. The van der Waals surface area contributed by atoms with E-state index in [9.17, 15) is 28.2 Å². The van der Waals surface area contributed by atoms with E-state index in [2.05, 4.69) is 13.6 Å². The summed E-state index contributed by atoms with van der Waals surface area (Å²) in [5.41, 5.74) is -0.975. The minimum absolute atomic E-state index is 0.167. The fraction of sp³-hybridized carbons (Fsp3) is 0.765. The molecule has 1 fully saturated rings. The van der Waals surface area contributed by atoms with Gasteiger partial charge < -0.3 is 28.4 Å². The molecule has 0 spiro atoms. The maximum atomic E-state index is 12.6. The van der Waals surface area contributed by atoms with Crippen LogP contribution < -0.4 is 11.2 Å². The van der Waals surface area contributed by atoms with E-state index in [0.717, 1.165) is 6.66 Å². The zero-order valence-electron chi connectivity index (χ0n) is 20.9. The molecule has 2 unspecified atom stereocenters. The lowest BCUT2D eigenvalue weighted by molar-refractivity contribution is -0.0401. The molecule has 4 N–H and O–H groups in total. The van der Waals surface area contributed by atoms with Crippen molar-refractivity contribution >= 4 is 31.6 Å². The van der Waals surface area contributed by atoms with Gasteiger partial charge in [0.05, 0.1) is 12.7 Å². The fourth-order valence-electron chi connectivity index (χ4n) is 3.07. The highest BCUT2D eigenvalue weighted by Gasteiger charge is 2.46. The van der Waals surface area contributed by atoms with Crippen molar-refractivity contribution in [2.45, 2.75) is 70.7 Å². The minimum atomic E-state index is -5.44. The van der Waals surface area contributed by atoms with Crippen LogP contribution >= 0.6 is 23.2 Å². The number of H-pyrrole nitrogens is 1. The van der Waals surface area contributed by atoms with Crippen molar-refractivity contribution in [1.82, 2.24) is 9.55 Å². The van der Waals surface area contributed by atoms with E-state index in [-0.39, 0.29) is 17.0 Å². The molecular formula is C17H33N2O13P3Si. The number of aromatic amines is 1. The number of phosphoric acid groups is 2.